The second-order valence-electron chi connectivity index (χ2n) is 5.85. The van der Waals surface area contributed by atoms with Gasteiger partial charge in [0.1, 0.15) is 5.84 Å². The topological polar surface area (TPSA) is 15.6 Å². The van der Waals surface area contributed by atoms with Crippen LogP contribution >= 0.6 is 11.6 Å². The van der Waals surface area contributed by atoms with E-state index in [1.165, 1.54) is 17.8 Å². The first kappa shape index (κ1) is 10.6. The molecule has 0 amide bonds. The number of nitrogens with zero attached hydrogens (tertiary/aromatic N) is 2. The molecule has 0 N–H and O–H groups in total. The first-order chi connectivity index (χ1) is 8.57. The van der Waals surface area contributed by atoms with E-state index in [1.807, 2.05) is 12.1 Å². The van der Waals surface area contributed by atoms with E-state index in [9.17, 15) is 0 Å². The van der Waals surface area contributed by atoms with Crippen molar-refractivity contribution >= 4 is 23.1 Å². The quantitative estimate of drug-likeness (QED) is 0.645. The molecule has 2 heterocycles. The summed E-state index contributed by atoms with van der Waals surface area (Å²) in [5.74, 6) is 1.73. The fourth-order valence-electron chi connectivity index (χ4n) is 3.62. The lowest BCUT2D eigenvalue weighted by atomic mass is 9.87. The summed E-state index contributed by atoms with van der Waals surface area (Å²) in [4.78, 5) is 7.33. The van der Waals surface area contributed by atoms with Crippen molar-refractivity contribution in [1.29, 1.82) is 0 Å². The molecular weight excluding hydrogens is 244 g/mol. The number of hydrogen-bond acceptors (Lipinski definition) is 2. The van der Waals surface area contributed by atoms with Crippen LogP contribution in [0, 0.1) is 5.92 Å². The molecule has 2 aliphatic heterocycles. The zero-order chi connectivity index (χ0) is 12.5. The number of rotatable bonds is 0. The van der Waals surface area contributed by atoms with Gasteiger partial charge in [-0.2, -0.15) is 0 Å². The van der Waals surface area contributed by atoms with Crippen LogP contribution in [0.2, 0.25) is 5.02 Å². The van der Waals surface area contributed by atoms with Crippen molar-refractivity contribution in [3.63, 3.8) is 0 Å². The monoisotopic (exact) mass is 258 g/mol. The number of amidine groups is 1. The number of halogens is 1. The van der Waals surface area contributed by atoms with Crippen molar-refractivity contribution in [2.24, 2.45) is 10.9 Å². The second kappa shape index (κ2) is 3.18. The number of aliphatic imine (C=N–C) groups is 1. The van der Waals surface area contributed by atoms with Gasteiger partial charge in [-0.05, 0) is 32.4 Å². The highest BCUT2D eigenvalue weighted by molar-refractivity contribution is 6.30. The zero-order valence-electron chi connectivity index (χ0n) is 10.5. The Bertz CT molecular complexity index is 601. The molecule has 2 atom stereocenters. The summed E-state index contributed by atoms with van der Waals surface area (Å²) >= 11 is 6.09. The maximum Gasteiger partial charge on any atom is 0.113 e. The van der Waals surface area contributed by atoms with Gasteiger partial charge in [0.25, 0.3) is 0 Å². The number of benzene rings is 1. The Hall–Kier alpha value is -1.28. The predicted molar refractivity (Wildman–Crippen MR) is 74.4 cm³/mol. The third-order valence-corrected chi connectivity index (χ3v) is 4.66. The summed E-state index contributed by atoms with van der Waals surface area (Å²) in [5.41, 5.74) is 2.32. The first-order valence-corrected chi connectivity index (χ1v) is 6.81. The van der Waals surface area contributed by atoms with E-state index in [0.717, 1.165) is 10.7 Å². The summed E-state index contributed by atoms with van der Waals surface area (Å²) in [6, 6.07) is 6.59. The molecule has 92 valence electrons. The SMILES string of the molecule is CC1(C)c2ccc(Cl)cc2N=C2C3C=CC(C3)N21. The van der Waals surface area contributed by atoms with Crippen molar-refractivity contribution in [2.75, 3.05) is 0 Å². The summed E-state index contributed by atoms with van der Waals surface area (Å²) < 4.78 is 0. The smallest absolute Gasteiger partial charge is 0.113 e. The average molecular weight is 259 g/mol. The summed E-state index contributed by atoms with van der Waals surface area (Å²) in [6.07, 6.45) is 5.81. The zero-order valence-corrected chi connectivity index (χ0v) is 11.3. The van der Waals surface area contributed by atoms with Crippen LogP contribution in [-0.4, -0.2) is 16.8 Å². The highest BCUT2D eigenvalue weighted by atomic mass is 35.5. The van der Waals surface area contributed by atoms with Gasteiger partial charge in [-0.1, -0.05) is 29.8 Å². The minimum absolute atomic E-state index is 0.00117. The highest BCUT2D eigenvalue weighted by Gasteiger charge is 2.49. The van der Waals surface area contributed by atoms with E-state index in [4.69, 9.17) is 16.6 Å². The lowest BCUT2D eigenvalue weighted by Gasteiger charge is -2.45. The largest absolute Gasteiger partial charge is 0.344 e. The van der Waals surface area contributed by atoms with Crippen LogP contribution in [0.5, 0.6) is 0 Å². The maximum atomic E-state index is 6.09. The van der Waals surface area contributed by atoms with E-state index < -0.39 is 0 Å². The molecule has 3 heteroatoms. The molecule has 0 spiro atoms. The molecule has 4 rings (SSSR count). The minimum Gasteiger partial charge on any atom is -0.344 e. The molecule has 1 aliphatic carbocycles. The van der Waals surface area contributed by atoms with E-state index in [2.05, 4.69) is 37.0 Å². The van der Waals surface area contributed by atoms with Crippen molar-refractivity contribution in [2.45, 2.75) is 31.8 Å². The molecule has 2 bridgehead atoms. The fourth-order valence-corrected chi connectivity index (χ4v) is 3.78. The van der Waals surface area contributed by atoms with Gasteiger partial charge in [-0.25, -0.2) is 4.99 Å². The van der Waals surface area contributed by atoms with Gasteiger partial charge < -0.3 is 4.90 Å². The van der Waals surface area contributed by atoms with Gasteiger partial charge in [0.05, 0.1) is 17.3 Å². The molecule has 2 unspecified atom stereocenters. The Balaban J connectivity index is 1.97. The van der Waals surface area contributed by atoms with Crippen LogP contribution in [0.1, 0.15) is 25.8 Å². The Kier molecular flexibility index (Phi) is 1.88. The normalized spacial score (nSPS) is 30.2. The summed E-state index contributed by atoms with van der Waals surface area (Å²) in [5, 5.41) is 0.765. The molecule has 1 fully saturated rings. The standard InChI is InChI=1S/C15H15ClN2/c1-15(2)12-6-4-10(16)8-13(12)17-14-9-3-5-11(7-9)18(14)15/h3-6,8-9,11H,7H2,1-2H3. The van der Waals surface area contributed by atoms with Crippen molar-refractivity contribution in [3.05, 3.63) is 40.9 Å². The summed E-state index contributed by atoms with van der Waals surface area (Å²) in [6.45, 7) is 4.56. The predicted octanol–water partition coefficient (Wildman–Crippen LogP) is 3.88. The van der Waals surface area contributed by atoms with Gasteiger partial charge in [-0.15, -0.1) is 0 Å². The first-order valence-electron chi connectivity index (χ1n) is 6.43. The Morgan fingerprint density at radius 1 is 1.33 bits per heavy atom. The fraction of sp³-hybridized carbons (Fsp3) is 0.400. The van der Waals surface area contributed by atoms with Crippen LogP contribution in [0.4, 0.5) is 5.69 Å². The second-order valence-corrected chi connectivity index (χ2v) is 6.29. The molecule has 2 nitrogen and oxygen atoms in total. The van der Waals surface area contributed by atoms with Gasteiger partial charge in [0.2, 0.25) is 0 Å². The molecule has 18 heavy (non-hydrogen) atoms. The third-order valence-electron chi connectivity index (χ3n) is 4.43. The maximum absolute atomic E-state index is 6.09. The van der Waals surface area contributed by atoms with Gasteiger partial charge in [-0.3, -0.25) is 0 Å². The molecule has 1 aromatic rings. The van der Waals surface area contributed by atoms with E-state index in [1.54, 1.807) is 0 Å². The van der Waals surface area contributed by atoms with Crippen molar-refractivity contribution < 1.29 is 0 Å². The van der Waals surface area contributed by atoms with E-state index in [-0.39, 0.29) is 5.54 Å². The van der Waals surface area contributed by atoms with Crippen LogP contribution in [0.25, 0.3) is 0 Å². The van der Waals surface area contributed by atoms with Crippen LogP contribution in [-0.2, 0) is 5.54 Å². The molecule has 0 radical (unpaired) electrons. The van der Waals surface area contributed by atoms with E-state index in [0.29, 0.717) is 12.0 Å². The number of hydrogen-bond donors (Lipinski definition) is 0. The van der Waals surface area contributed by atoms with Gasteiger partial charge in [0, 0.05) is 16.5 Å². The third kappa shape index (κ3) is 1.17. The van der Waals surface area contributed by atoms with Gasteiger partial charge in [0.15, 0.2) is 0 Å². The highest BCUT2D eigenvalue weighted by Crippen LogP contribution is 2.49. The summed E-state index contributed by atoms with van der Waals surface area (Å²) in [7, 11) is 0. The molecule has 0 saturated carbocycles. The number of fused-ring (bicyclic) bond motifs is 6. The lowest BCUT2D eigenvalue weighted by Crippen LogP contribution is -2.49. The van der Waals surface area contributed by atoms with E-state index >= 15 is 0 Å². The van der Waals surface area contributed by atoms with Crippen LogP contribution in [0.3, 0.4) is 0 Å². The van der Waals surface area contributed by atoms with Crippen molar-refractivity contribution in [3.8, 4) is 0 Å². The van der Waals surface area contributed by atoms with Crippen LogP contribution < -0.4 is 0 Å². The molecule has 1 saturated heterocycles. The van der Waals surface area contributed by atoms with Crippen molar-refractivity contribution in [1.82, 2.24) is 4.90 Å². The Morgan fingerprint density at radius 2 is 2.17 bits per heavy atom. The Morgan fingerprint density at radius 3 is 3.00 bits per heavy atom. The molecular formula is C15H15ClN2. The Labute approximate surface area is 112 Å². The average Bonchev–Trinajstić information content (AvgIpc) is 2.88. The van der Waals surface area contributed by atoms with Crippen LogP contribution in [0.15, 0.2) is 35.3 Å². The molecule has 3 aliphatic rings. The molecule has 0 aromatic heterocycles. The minimum atomic E-state index is 0.00117. The lowest BCUT2D eigenvalue weighted by molar-refractivity contribution is 0.195. The van der Waals surface area contributed by atoms with Gasteiger partial charge >= 0.3 is 0 Å². The molecule has 1 aromatic carbocycles.